The quantitative estimate of drug-likeness (QED) is 0.0135. The summed E-state index contributed by atoms with van der Waals surface area (Å²) in [6.07, 6.45) is -0.340. The van der Waals surface area contributed by atoms with Crippen LogP contribution in [0.25, 0.3) is 0 Å². The molecule has 0 aromatic heterocycles. The number of rotatable bonds is 24. The predicted molar refractivity (Wildman–Crippen MR) is 315 cm³/mol. The number of ether oxygens (including phenoxy) is 4. The van der Waals surface area contributed by atoms with Crippen molar-refractivity contribution in [2.75, 3.05) is 6.54 Å². The molecule has 454 valence electrons. The normalized spacial score (nSPS) is 15.3. The summed E-state index contributed by atoms with van der Waals surface area (Å²) in [5, 5.41) is 13.5. The number of nitrogens with two attached hydrogens (primary N) is 2. The third kappa shape index (κ3) is 21.0. The molecule has 0 fully saturated rings. The third-order valence-corrected chi connectivity index (χ3v) is 14.4. The Kier molecular flexibility index (Phi) is 22.8. The molecule has 22 nitrogen and oxygen atoms in total. The molecule has 0 spiro atoms. The predicted octanol–water partition coefficient (Wildman–Crippen LogP) is 5.43. The molecular weight excluding hydrogens is 1070 g/mol. The van der Waals surface area contributed by atoms with Gasteiger partial charge in [0.05, 0.1) is 4.90 Å². The standard InChI is InChI=1S/C59H90N10O12S/c1-33(2)29-44(67-55(75)81-58(13,14)15)51(72)66-45(30-38-20-24-40(25-21-38)78-56(7,8)9)52(73)64-43(19-18-28-62-54(60)69-82(76,77)48-35(4)34(3)47-42(36(48)5)32-59(16,17)80-47)50(71)63-37(6)49(70)65-46(53(74)68-61)31-39-22-26-41(27-23-39)79-57(10,11)12/h20-27,33,37,43-46H,18-19,28-32,61H2,1-17H3,(H,63,71)(H,64,73)(H,65,70)(H,66,72)(H,67,75)(H,68,74)(H3,60,62,69)/t37-,43-,44-,45-,46-/m0/s1. The van der Waals surface area contributed by atoms with Gasteiger partial charge in [0.2, 0.25) is 29.6 Å². The van der Waals surface area contributed by atoms with E-state index >= 15 is 0 Å². The van der Waals surface area contributed by atoms with Gasteiger partial charge in [-0.3, -0.25) is 34.4 Å². The van der Waals surface area contributed by atoms with Gasteiger partial charge in [-0.05, 0) is 181 Å². The molecule has 0 radical (unpaired) electrons. The number of fused-ring (bicyclic) bond motifs is 1. The molecular formula is C59H90N10O12S. The van der Waals surface area contributed by atoms with E-state index in [2.05, 4.69) is 41.7 Å². The van der Waals surface area contributed by atoms with Gasteiger partial charge in [0.1, 0.15) is 69.9 Å². The lowest BCUT2D eigenvalue weighted by Crippen LogP contribution is -2.59. The summed E-state index contributed by atoms with van der Waals surface area (Å²) in [4.78, 5) is 87.7. The molecule has 6 amide bonds. The first-order chi connectivity index (χ1) is 37.8. The van der Waals surface area contributed by atoms with Gasteiger partial charge < -0.3 is 51.3 Å². The molecule has 23 heteroatoms. The number of nitrogens with one attached hydrogen (secondary N) is 7. The topological polar surface area (TPSA) is 322 Å². The minimum Gasteiger partial charge on any atom is -0.488 e. The van der Waals surface area contributed by atoms with Crippen molar-refractivity contribution in [3.8, 4) is 17.2 Å². The fourth-order valence-electron chi connectivity index (χ4n) is 9.09. The number of carbonyl (C=O) groups is 6. The zero-order chi connectivity index (χ0) is 61.9. The van der Waals surface area contributed by atoms with Crippen molar-refractivity contribution in [3.05, 3.63) is 81.9 Å². The zero-order valence-corrected chi connectivity index (χ0v) is 51.8. The lowest BCUT2D eigenvalue weighted by atomic mass is 9.94. The lowest BCUT2D eigenvalue weighted by molar-refractivity contribution is -0.134. The van der Waals surface area contributed by atoms with Crippen molar-refractivity contribution in [3.63, 3.8) is 0 Å². The van der Waals surface area contributed by atoms with Crippen molar-refractivity contribution in [2.24, 2.45) is 22.5 Å². The first kappa shape index (κ1) is 67.4. The van der Waals surface area contributed by atoms with Gasteiger partial charge in [-0.25, -0.2) is 23.8 Å². The summed E-state index contributed by atoms with van der Waals surface area (Å²) in [6, 6.07) is 7.52. The van der Waals surface area contributed by atoms with Gasteiger partial charge in [-0.1, -0.05) is 38.1 Å². The van der Waals surface area contributed by atoms with Crippen LogP contribution in [0.5, 0.6) is 17.2 Å². The summed E-state index contributed by atoms with van der Waals surface area (Å²) in [7, 11) is -4.26. The molecule has 11 N–H and O–H groups in total. The number of alkyl carbamates (subject to hydrolysis) is 1. The van der Waals surface area contributed by atoms with Gasteiger partial charge in [0.25, 0.3) is 15.9 Å². The van der Waals surface area contributed by atoms with E-state index in [1.807, 2.05) is 69.2 Å². The highest BCUT2D eigenvalue weighted by atomic mass is 32.2. The van der Waals surface area contributed by atoms with Crippen molar-refractivity contribution < 1.29 is 56.1 Å². The number of benzene rings is 3. The average Bonchev–Trinajstić information content (AvgIpc) is 3.34. The van der Waals surface area contributed by atoms with E-state index in [9.17, 15) is 37.2 Å². The maximum atomic E-state index is 14.7. The molecule has 0 bridgehead atoms. The van der Waals surface area contributed by atoms with Crippen LogP contribution in [0.2, 0.25) is 0 Å². The molecule has 0 saturated carbocycles. The summed E-state index contributed by atoms with van der Waals surface area (Å²) in [6.45, 7) is 30.5. The molecule has 0 aliphatic carbocycles. The molecule has 1 aliphatic heterocycles. The fraction of sp³-hybridized carbons (Fsp3) is 0.576. The van der Waals surface area contributed by atoms with E-state index in [1.165, 1.54) is 6.92 Å². The van der Waals surface area contributed by atoms with Crippen molar-refractivity contribution >= 4 is 51.6 Å². The van der Waals surface area contributed by atoms with Gasteiger partial charge in [-0.15, -0.1) is 0 Å². The average molecular weight is 1160 g/mol. The lowest BCUT2D eigenvalue weighted by Gasteiger charge is -2.27. The monoisotopic (exact) mass is 1160 g/mol. The highest BCUT2D eigenvalue weighted by molar-refractivity contribution is 7.90. The van der Waals surface area contributed by atoms with Crippen LogP contribution in [0.4, 0.5) is 4.79 Å². The van der Waals surface area contributed by atoms with Crippen molar-refractivity contribution in [1.29, 1.82) is 0 Å². The van der Waals surface area contributed by atoms with Gasteiger partial charge in [-0.2, -0.15) is 0 Å². The molecule has 1 aliphatic rings. The Hall–Kier alpha value is -7.14. The zero-order valence-electron chi connectivity index (χ0n) is 50.9. The van der Waals surface area contributed by atoms with Crippen LogP contribution in [-0.4, -0.2) is 109 Å². The van der Waals surface area contributed by atoms with E-state index < -0.39 is 104 Å². The summed E-state index contributed by atoms with van der Waals surface area (Å²) < 4.78 is 53.9. The number of carbonyl (C=O) groups excluding carboxylic acids is 6. The largest absolute Gasteiger partial charge is 0.488 e. The Morgan fingerprint density at radius 2 is 1.12 bits per heavy atom. The SMILES string of the molecule is Cc1c(C)c(S(=O)(=O)NC(N)=NCCC[C@H](NC(=O)[C@H](Cc2ccc(OC(C)(C)C)cc2)NC(=O)[C@H](CC(C)C)NC(=O)OC(C)(C)C)C(=O)N[C@@H](C)C(=O)N[C@@H](Cc2ccc(OC(C)(C)C)cc2)C(=O)NN)c(C)c2c1OC(C)(C)C2. The summed E-state index contributed by atoms with van der Waals surface area (Å²) in [5.41, 5.74) is 9.70. The van der Waals surface area contributed by atoms with E-state index in [0.29, 0.717) is 51.5 Å². The first-order valence-electron chi connectivity index (χ1n) is 27.7. The van der Waals surface area contributed by atoms with Gasteiger partial charge >= 0.3 is 6.09 Å². The maximum absolute atomic E-state index is 14.7. The Morgan fingerprint density at radius 1 is 0.646 bits per heavy atom. The van der Waals surface area contributed by atoms with Crippen LogP contribution < -0.4 is 62.5 Å². The number of hydrogen-bond donors (Lipinski definition) is 9. The Balaban J connectivity index is 1.66. The summed E-state index contributed by atoms with van der Waals surface area (Å²) >= 11 is 0. The van der Waals surface area contributed by atoms with Crippen LogP contribution in [0.3, 0.4) is 0 Å². The fourth-order valence-corrected chi connectivity index (χ4v) is 10.6. The third-order valence-electron chi connectivity index (χ3n) is 12.8. The van der Waals surface area contributed by atoms with E-state index in [-0.39, 0.29) is 49.5 Å². The second kappa shape index (κ2) is 27.8. The van der Waals surface area contributed by atoms with Crippen molar-refractivity contribution in [2.45, 2.75) is 214 Å². The number of sulfonamides is 1. The Morgan fingerprint density at radius 3 is 1.61 bits per heavy atom. The second-order valence-electron chi connectivity index (χ2n) is 24.9. The maximum Gasteiger partial charge on any atom is 0.408 e. The smallest absolute Gasteiger partial charge is 0.408 e. The Labute approximate surface area is 484 Å². The van der Waals surface area contributed by atoms with Crippen LogP contribution >= 0.6 is 0 Å². The van der Waals surface area contributed by atoms with Crippen LogP contribution in [0.15, 0.2) is 58.4 Å². The van der Waals surface area contributed by atoms with Crippen LogP contribution in [-0.2, 0) is 58.0 Å². The minimum absolute atomic E-state index is 0.0218. The molecule has 82 heavy (non-hydrogen) atoms. The van der Waals surface area contributed by atoms with E-state index in [0.717, 1.165) is 5.56 Å². The summed E-state index contributed by atoms with van der Waals surface area (Å²) in [5.74, 6) is 3.04. The first-order valence-corrected chi connectivity index (χ1v) is 29.2. The number of nitrogens with zero attached hydrogens (tertiary/aromatic N) is 1. The highest BCUT2D eigenvalue weighted by Gasteiger charge is 2.38. The van der Waals surface area contributed by atoms with E-state index in [1.54, 1.807) is 90.1 Å². The van der Waals surface area contributed by atoms with Gasteiger partial charge in [0.15, 0.2) is 0 Å². The number of guanidine groups is 1. The molecule has 0 unspecified atom stereocenters. The number of hydrazine groups is 1. The van der Waals surface area contributed by atoms with Gasteiger partial charge in [0, 0.05) is 31.4 Å². The molecule has 1 heterocycles. The molecule has 3 aromatic rings. The second-order valence-corrected chi connectivity index (χ2v) is 26.6. The number of amides is 6. The number of hydrogen-bond acceptors (Lipinski definition) is 14. The molecule has 5 atom stereocenters. The van der Waals surface area contributed by atoms with Crippen LogP contribution in [0, 0.1) is 26.7 Å². The number of aliphatic imine (C=N–C) groups is 1. The molecule has 0 saturated heterocycles. The van der Waals surface area contributed by atoms with E-state index in [4.69, 9.17) is 30.5 Å². The van der Waals surface area contributed by atoms with Crippen LogP contribution in [0.1, 0.15) is 150 Å². The minimum atomic E-state index is -4.26. The molecule has 3 aromatic carbocycles. The van der Waals surface area contributed by atoms with Crippen molar-refractivity contribution in [1.82, 2.24) is 36.7 Å². The Bertz CT molecular complexity index is 2910. The highest BCUT2D eigenvalue weighted by Crippen LogP contribution is 2.43. The molecule has 4 rings (SSSR count).